The highest BCUT2D eigenvalue weighted by molar-refractivity contribution is 7.88. The van der Waals surface area contributed by atoms with Gasteiger partial charge in [-0.1, -0.05) is 12.1 Å². The summed E-state index contributed by atoms with van der Waals surface area (Å²) in [5.41, 5.74) is 1.31. The molecular formula is C23H34N2O5S. The topological polar surface area (TPSA) is 84.9 Å². The van der Waals surface area contributed by atoms with Crippen molar-refractivity contribution in [3.05, 3.63) is 29.8 Å². The number of fused-ring (bicyclic) bond motifs is 7. The van der Waals surface area contributed by atoms with Crippen molar-refractivity contribution in [3.63, 3.8) is 0 Å². The summed E-state index contributed by atoms with van der Waals surface area (Å²) in [4.78, 5) is 14.9. The van der Waals surface area contributed by atoms with Gasteiger partial charge in [0.1, 0.15) is 5.75 Å². The molecule has 0 aromatic heterocycles. The number of hydrogen-bond donors (Lipinski definition) is 1. The van der Waals surface area contributed by atoms with Crippen molar-refractivity contribution in [2.24, 2.45) is 0 Å². The van der Waals surface area contributed by atoms with Crippen molar-refractivity contribution in [1.29, 1.82) is 0 Å². The van der Waals surface area contributed by atoms with E-state index in [4.69, 9.17) is 9.47 Å². The lowest BCUT2D eigenvalue weighted by atomic mass is 9.82. The highest BCUT2D eigenvalue weighted by atomic mass is 32.2. The third kappa shape index (κ3) is 5.59. The Morgan fingerprint density at radius 3 is 2.68 bits per heavy atom. The van der Waals surface area contributed by atoms with Crippen LogP contribution >= 0.6 is 0 Å². The van der Waals surface area contributed by atoms with E-state index in [-0.39, 0.29) is 30.1 Å². The fourth-order valence-electron chi connectivity index (χ4n) is 5.39. The number of sulfonamides is 1. The van der Waals surface area contributed by atoms with Gasteiger partial charge in [0.05, 0.1) is 31.6 Å². The van der Waals surface area contributed by atoms with E-state index in [2.05, 4.69) is 16.9 Å². The second-order valence-electron chi connectivity index (χ2n) is 9.28. The van der Waals surface area contributed by atoms with E-state index in [1.807, 2.05) is 24.0 Å². The van der Waals surface area contributed by atoms with Crippen molar-refractivity contribution in [2.75, 3.05) is 19.5 Å². The summed E-state index contributed by atoms with van der Waals surface area (Å²) in [6, 6.07) is 7.70. The van der Waals surface area contributed by atoms with Crippen LogP contribution in [0.2, 0.25) is 0 Å². The van der Waals surface area contributed by atoms with Gasteiger partial charge in [-0.15, -0.1) is 0 Å². The van der Waals surface area contributed by atoms with Gasteiger partial charge >= 0.3 is 0 Å². The molecule has 5 rings (SSSR count). The summed E-state index contributed by atoms with van der Waals surface area (Å²) < 4.78 is 38.8. The lowest BCUT2D eigenvalue weighted by molar-refractivity contribution is -0.136. The monoisotopic (exact) mass is 450 g/mol. The van der Waals surface area contributed by atoms with E-state index in [0.717, 1.165) is 31.4 Å². The smallest absolute Gasteiger partial charge is 0.223 e. The van der Waals surface area contributed by atoms with Gasteiger partial charge in [0.2, 0.25) is 15.9 Å². The number of hydrogen-bond acceptors (Lipinski definition) is 5. The maximum Gasteiger partial charge on any atom is 0.223 e. The first-order valence-electron chi connectivity index (χ1n) is 11.4. The van der Waals surface area contributed by atoms with E-state index in [1.165, 1.54) is 11.8 Å². The third-order valence-corrected chi connectivity index (χ3v) is 7.59. The quantitative estimate of drug-likeness (QED) is 0.749. The summed E-state index contributed by atoms with van der Waals surface area (Å²) in [5, 5.41) is 0. The molecule has 1 saturated heterocycles. The van der Waals surface area contributed by atoms with Crippen LogP contribution in [-0.2, 0) is 19.6 Å². The molecule has 0 radical (unpaired) electrons. The number of amides is 1. The Balaban J connectivity index is 1.54. The number of nitrogens with one attached hydrogen (secondary N) is 1. The number of benzene rings is 1. The molecule has 3 heterocycles. The van der Waals surface area contributed by atoms with Gasteiger partial charge in [0.25, 0.3) is 0 Å². The van der Waals surface area contributed by atoms with Crippen LogP contribution in [-0.4, -0.2) is 62.9 Å². The molecule has 3 aliphatic heterocycles. The van der Waals surface area contributed by atoms with Crippen molar-refractivity contribution in [2.45, 2.75) is 82.0 Å². The van der Waals surface area contributed by atoms with Crippen LogP contribution < -0.4 is 9.46 Å². The lowest BCUT2D eigenvalue weighted by Gasteiger charge is -2.34. The van der Waals surface area contributed by atoms with E-state index >= 15 is 0 Å². The zero-order valence-corrected chi connectivity index (χ0v) is 19.3. The molecule has 4 aliphatic rings. The second kappa shape index (κ2) is 9.46. The molecule has 1 aromatic rings. The van der Waals surface area contributed by atoms with Gasteiger partial charge in [0.15, 0.2) is 0 Å². The van der Waals surface area contributed by atoms with Gasteiger partial charge in [-0.3, -0.25) is 4.79 Å². The minimum Gasteiger partial charge on any atom is -0.494 e. The van der Waals surface area contributed by atoms with Crippen molar-refractivity contribution in [1.82, 2.24) is 9.62 Å². The average molecular weight is 451 g/mol. The fourth-order valence-corrected chi connectivity index (χ4v) is 6.19. The van der Waals surface area contributed by atoms with Gasteiger partial charge in [-0.25, -0.2) is 13.1 Å². The molecule has 3 atom stereocenters. The molecule has 7 nitrogen and oxygen atoms in total. The van der Waals surface area contributed by atoms with Crippen molar-refractivity contribution >= 4 is 15.9 Å². The van der Waals surface area contributed by atoms with Crippen LogP contribution in [0.15, 0.2) is 24.3 Å². The second-order valence-corrected chi connectivity index (χ2v) is 11.1. The molecule has 1 N–H and O–H groups in total. The molecule has 2 fully saturated rings. The van der Waals surface area contributed by atoms with E-state index in [1.54, 1.807) is 0 Å². The molecule has 4 bridgehead atoms. The Bertz CT molecular complexity index is 882. The number of rotatable bonds is 2. The molecule has 31 heavy (non-hydrogen) atoms. The van der Waals surface area contributed by atoms with Gasteiger partial charge in [-0.2, -0.15) is 0 Å². The summed E-state index contributed by atoms with van der Waals surface area (Å²) in [6.07, 6.45) is 6.97. The number of nitrogens with zero attached hydrogens (tertiary/aromatic N) is 1. The standard InChI is InChI=1S/C23H34N2O5S/c1-16-13-21(24-31(2,27)28)22-15-30-19-10-8-17(9-11-19)18-5-3-6-20(14-18)29-12-4-7-23(26)25(16)22/h3,5-6,14,16-17,19,21-22,24H,4,7-13,15H2,1-2H3. The minimum atomic E-state index is -3.37. The van der Waals surface area contributed by atoms with Crippen LogP contribution in [0.3, 0.4) is 0 Å². The Labute approximate surface area is 185 Å². The summed E-state index contributed by atoms with van der Waals surface area (Å²) in [6.45, 7) is 2.83. The molecule has 1 amide bonds. The van der Waals surface area contributed by atoms with Crippen molar-refractivity contribution < 1.29 is 22.7 Å². The number of carbonyl (C=O) groups is 1. The summed E-state index contributed by atoms with van der Waals surface area (Å²) >= 11 is 0. The lowest BCUT2D eigenvalue weighted by Crippen LogP contribution is -2.50. The van der Waals surface area contributed by atoms with Gasteiger partial charge < -0.3 is 14.4 Å². The Morgan fingerprint density at radius 2 is 1.94 bits per heavy atom. The van der Waals surface area contributed by atoms with E-state index in [0.29, 0.717) is 38.4 Å². The third-order valence-electron chi connectivity index (χ3n) is 6.86. The molecule has 1 aliphatic carbocycles. The average Bonchev–Trinajstić information content (AvgIpc) is 3.02. The van der Waals surface area contributed by atoms with Crippen LogP contribution in [0.5, 0.6) is 5.75 Å². The zero-order chi connectivity index (χ0) is 22.0. The SMILES string of the molecule is CC1CC(NS(C)(=O)=O)C2COC3CCC(CC3)c3cccc(c3)OCCCC(=O)N12. The van der Waals surface area contributed by atoms with Crippen molar-refractivity contribution in [3.8, 4) is 5.75 Å². The number of ether oxygens (including phenoxy) is 2. The molecule has 3 unspecified atom stereocenters. The fraction of sp³-hybridized carbons (Fsp3) is 0.696. The zero-order valence-electron chi connectivity index (χ0n) is 18.5. The van der Waals surface area contributed by atoms with Crippen LogP contribution in [0.25, 0.3) is 0 Å². The predicted molar refractivity (Wildman–Crippen MR) is 119 cm³/mol. The summed E-state index contributed by atoms with van der Waals surface area (Å²) in [7, 11) is -3.37. The maximum absolute atomic E-state index is 13.1. The van der Waals surface area contributed by atoms with Gasteiger partial charge in [0, 0.05) is 18.5 Å². The molecule has 8 heteroatoms. The van der Waals surface area contributed by atoms with Crippen LogP contribution in [0, 0.1) is 0 Å². The van der Waals surface area contributed by atoms with Crippen LogP contribution in [0.1, 0.15) is 63.4 Å². The molecule has 0 spiro atoms. The molecular weight excluding hydrogens is 416 g/mol. The highest BCUT2D eigenvalue weighted by Crippen LogP contribution is 2.36. The first kappa shape index (κ1) is 22.6. The Hall–Kier alpha value is -1.64. The molecule has 1 saturated carbocycles. The number of carbonyl (C=O) groups excluding carboxylic acids is 1. The predicted octanol–water partition coefficient (Wildman–Crippen LogP) is 2.81. The largest absolute Gasteiger partial charge is 0.494 e. The highest BCUT2D eigenvalue weighted by Gasteiger charge is 2.43. The Kier molecular flexibility index (Phi) is 6.89. The first-order chi connectivity index (χ1) is 14.8. The van der Waals surface area contributed by atoms with E-state index < -0.39 is 10.0 Å². The molecule has 1 aromatic carbocycles. The molecule has 172 valence electrons. The minimum absolute atomic E-state index is 0.0343. The van der Waals surface area contributed by atoms with E-state index in [9.17, 15) is 13.2 Å². The maximum atomic E-state index is 13.1. The Morgan fingerprint density at radius 1 is 1.16 bits per heavy atom. The first-order valence-corrected chi connectivity index (χ1v) is 13.3. The van der Waals surface area contributed by atoms with Crippen LogP contribution in [0.4, 0.5) is 0 Å². The normalized spacial score (nSPS) is 32.5. The van der Waals surface area contributed by atoms with Gasteiger partial charge in [-0.05, 0) is 69.1 Å². The summed E-state index contributed by atoms with van der Waals surface area (Å²) in [5.74, 6) is 1.41.